The number of hydrogen-bond acceptors (Lipinski definition) is 10. The van der Waals surface area contributed by atoms with Crippen molar-refractivity contribution < 1.29 is 51.3 Å². The van der Waals surface area contributed by atoms with Gasteiger partial charge in [-0.15, -0.1) is 0 Å². The van der Waals surface area contributed by atoms with E-state index in [0.717, 1.165) is 0 Å². The molecule has 5 aromatic rings. The smallest absolute Gasteiger partial charge is 0.407 e. The van der Waals surface area contributed by atoms with Gasteiger partial charge in [0.05, 0.1) is 65.6 Å². The van der Waals surface area contributed by atoms with Gasteiger partial charge < -0.3 is 54.8 Å². The van der Waals surface area contributed by atoms with Crippen LogP contribution < -0.4 is 20.4 Å². The van der Waals surface area contributed by atoms with Crippen molar-refractivity contribution in [3.05, 3.63) is 82.4 Å². The quantitative estimate of drug-likeness (QED) is 0.0749. The maximum atomic E-state index is 16.8. The molecule has 6 heterocycles. The molecule has 0 bridgehead atoms. The number of nitrogens with zero attached hydrogens (tertiary/aromatic N) is 6. The van der Waals surface area contributed by atoms with E-state index in [1.54, 1.807) is 45.6 Å². The third kappa shape index (κ3) is 9.58. The van der Waals surface area contributed by atoms with E-state index in [1.165, 1.54) is 31.4 Å². The monoisotopic (exact) mass is 1000 g/mol. The van der Waals surface area contributed by atoms with E-state index < -0.39 is 77.6 Å². The second-order valence-electron chi connectivity index (χ2n) is 20.4. The van der Waals surface area contributed by atoms with Crippen molar-refractivity contribution in [2.24, 2.45) is 11.8 Å². The summed E-state index contributed by atoms with van der Waals surface area (Å²) in [6.07, 6.45) is 0.257. The van der Waals surface area contributed by atoms with Gasteiger partial charge in [-0.05, 0) is 88.5 Å². The lowest BCUT2D eigenvalue weighted by molar-refractivity contribution is -0.136. The third-order valence-corrected chi connectivity index (χ3v) is 14.7. The average molecular weight is 1000 g/mol. The average Bonchev–Trinajstić information content (AvgIpc) is 4.18. The number of rotatable bonds is 12. The number of aromatic amines is 2. The Hall–Kier alpha value is -6.64. The molecule has 4 fully saturated rings. The van der Waals surface area contributed by atoms with Crippen molar-refractivity contribution in [1.29, 1.82) is 0 Å². The zero-order valence-corrected chi connectivity index (χ0v) is 41.4. The van der Waals surface area contributed by atoms with Crippen LogP contribution in [0.25, 0.3) is 22.1 Å². The lowest BCUT2D eigenvalue weighted by Gasteiger charge is -2.38. The highest BCUT2D eigenvalue weighted by atomic mass is 19.1. The number of aromatic nitrogens is 4. The molecule has 0 aliphatic carbocycles. The van der Waals surface area contributed by atoms with Crippen LogP contribution in [0.1, 0.15) is 127 Å². The van der Waals surface area contributed by atoms with Gasteiger partial charge >= 0.3 is 12.2 Å². The summed E-state index contributed by atoms with van der Waals surface area (Å²) in [5.41, 5.74) is 1.66. The number of imidazole rings is 2. The van der Waals surface area contributed by atoms with Crippen LogP contribution in [0, 0.1) is 35.1 Å². The number of carbonyl (C=O) groups is 4. The van der Waals surface area contributed by atoms with E-state index in [4.69, 9.17) is 19.4 Å². The molecule has 4 saturated heterocycles. The summed E-state index contributed by atoms with van der Waals surface area (Å²) in [5, 5.41) is 14.4. The van der Waals surface area contributed by atoms with Crippen molar-refractivity contribution in [2.45, 2.75) is 129 Å². The Morgan fingerprint density at radius 3 is 1.57 bits per heavy atom. The summed E-state index contributed by atoms with van der Waals surface area (Å²) in [6, 6.07) is 3.58. The predicted octanol–water partition coefficient (Wildman–Crippen LogP) is 8.69. The Kier molecular flexibility index (Phi) is 14.0. The van der Waals surface area contributed by atoms with Gasteiger partial charge in [0.15, 0.2) is 11.6 Å². The lowest BCUT2D eigenvalue weighted by atomic mass is 10.0. The maximum absolute atomic E-state index is 16.8. The fourth-order valence-corrected chi connectivity index (χ4v) is 11.4. The molecule has 0 saturated carbocycles. The fourth-order valence-electron chi connectivity index (χ4n) is 11.4. The van der Waals surface area contributed by atoms with Crippen LogP contribution in [0.3, 0.4) is 0 Å². The standard InChI is InChI=1S/C51H62F4N10O7/c1-24(2)43(60-50(68)69)48(66)63-14-8-10-41(63)46-56-35-18-29(31(52)20-37(35)58-46)39-12-13-40(65(39)28-16-33(54)45(34(55)17-28)62-22-26(5)72-27(6)23-62)30-19-36-38(21-32(30)53)59-47(57-36)42-11-9-15-64(42)49(67)44(25(3)4)61-51(70)71-7/h16-21,24-27,39-44,60H,8-15,22-23H2,1-7H3,(H,56,58)(H,57,59)(H,61,70)(H,68,69)/t26-,27+,39?,40?,41-,42-,43-,44-/m0/s1. The maximum Gasteiger partial charge on any atom is 0.407 e. The Labute approximate surface area is 414 Å². The second kappa shape index (κ2) is 20.1. The van der Waals surface area contributed by atoms with Crippen LogP contribution in [-0.2, 0) is 19.1 Å². The number of ether oxygens (including phenoxy) is 2. The van der Waals surface area contributed by atoms with Crippen LogP contribution in [-0.4, -0.2) is 116 Å². The summed E-state index contributed by atoms with van der Waals surface area (Å²) >= 11 is 0. The van der Waals surface area contributed by atoms with Gasteiger partial charge in [-0.3, -0.25) is 9.59 Å². The minimum atomic E-state index is -1.32. The van der Waals surface area contributed by atoms with Crippen LogP contribution >= 0.6 is 0 Å². The summed E-state index contributed by atoms with van der Waals surface area (Å²) in [6.45, 7) is 12.1. The van der Waals surface area contributed by atoms with Crippen molar-refractivity contribution in [3.8, 4) is 0 Å². The van der Waals surface area contributed by atoms with E-state index in [2.05, 4.69) is 20.6 Å². The number of methoxy groups -OCH3 is 1. The number of likely N-dealkylation sites (tertiary alicyclic amines) is 2. The first-order chi connectivity index (χ1) is 34.3. The summed E-state index contributed by atoms with van der Waals surface area (Å²) < 4.78 is 77.5. The minimum absolute atomic E-state index is 0.0698. The van der Waals surface area contributed by atoms with Gasteiger partial charge in [0.1, 0.15) is 41.1 Å². The van der Waals surface area contributed by atoms with Crippen LogP contribution in [0.15, 0.2) is 36.4 Å². The van der Waals surface area contributed by atoms with Gasteiger partial charge in [-0.1, -0.05) is 27.7 Å². The molecule has 17 nitrogen and oxygen atoms in total. The molecule has 4 aliphatic rings. The number of carboxylic acid groups (broad SMARTS) is 1. The molecule has 0 radical (unpaired) electrons. The molecule has 21 heteroatoms. The van der Waals surface area contributed by atoms with Crippen molar-refractivity contribution >= 4 is 57.4 Å². The second-order valence-corrected chi connectivity index (χ2v) is 20.4. The summed E-state index contributed by atoms with van der Waals surface area (Å²) in [4.78, 5) is 74.1. The zero-order valence-electron chi connectivity index (χ0n) is 41.4. The highest BCUT2D eigenvalue weighted by Gasteiger charge is 2.42. The number of carbonyl (C=O) groups excluding carboxylic acids is 3. The Morgan fingerprint density at radius 1 is 0.681 bits per heavy atom. The molecule has 0 spiro atoms. The van der Waals surface area contributed by atoms with E-state index in [0.29, 0.717) is 67.0 Å². The number of morpholine rings is 1. The number of benzene rings is 3. The van der Waals surface area contributed by atoms with Gasteiger partial charge in [0.25, 0.3) is 0 Å². The summed E-state index contributed by atoms with van der Waals surface area (Å²) in [7, 11) is 1.22. The first-order valence-electron chi connectivity index (χ1n) is 24.8. The van der Waals surface area contributed by atoms with Crippen LogP contribution in [0.2, 0.25) is 0 Å². The molecule has 4 amide bonds. The molecule has 8 atom stereocenters. The number of hydrogen-bond donors (Lipinski definition) is 5. The van der Waals surface area contributed by atoms with Gasteiger partial charge in [0.2, 0.25) is 11.8 Å². The summed E-state index contributed by atoms with van der Waals surface area (Å²) in [5.74, 6) is -3.44. The lowest BCUT2D eigenvalue weighted by Crippen LogP contribution is -2.51. The molecule has 3 aromatic carbocycles. The number of halogens is 4. The van der Waals surface area contributed by atoms with Crippen molar-refractivity contribution in [1.82, 2.24) is 40.4 Å². The number of nitrogens with one attached hydrogen (secondary N) is 4. The van der Waals surface area contributed by atoms with Crippen LogP contribution in [0.5, 0.6) is 0 Å². The number of H-pyrrole nitrogens is 2. The van der Waals surface area contributed by atoms with Crippen molar-refractivity contribution in [3.63, 3.8) is 0 Å². The molecule has 4 aliphatic heterocycles. The normalized spacial score (nSPS) is 23.5. The largest absolute Gasteiger partial charge is 0.465 e. The Bertz CT molecular complexity index is 2860. The highest BCUT2D eigenvalue weighted by molar-refractivity contribution is 5.87. The van der Waals surface area contributed by atoms with E-state index >= 15 is 17.6 Å². The number of alkyl carbamates (subject to hydrolysis) is 1. The van der Waals surface area contributed by atoms with E-state index in [9.17, 15) is 24.3 Å². The highest BCUT2D eigenvalue weighted by Crippen LogP contribution is 2.50. The number of anilines is 2. The molecule has 5 N–H and O–H groups in total. The van der Waals surface area contributed by atoms with Gasteiger partial charge in [-0.25, -0.2) is 37.1 Å². The van der Waals surface area contributed by atoms with Gasteiger partial charge in [-0.2, -0.15) is 0 Å². The van der Waals surface area contributed by atoms with Crippen molar-refractivity contribution in [2.75, 3.05) is 43.1 Å². The number of fused-ring (bicyclic) bond motifs is 2. The molecular formula is C51H62F4N10O7. The predicted molar refractivity (Wildman–Crippen MR) is 259 cm³/mol. The Balaban J connectivity index is 1.08. The molecule has 2 aromatic heterocycles. The van der Waals surface area contributed by atoms with E-state index in [1.807, 2.05) is 27.7 Å². The topological polar surface area (TPSA) is 201 Å². The molecule has 9 rings (SSSR count). The third-order valence-electron chi connectivity index (χ3n) is 14.7. The molecule has 72 heavy (non-hydrogen) atoms. The molecular weight excluding hydrogens is 941 g/mol. The van der Waals surface area contributed by atoms with Crippen LogP contribution in [0.4, 0.5) is 38.5 Å². The van der Waals surface area contributed by atoms with Gasteiger partial charge in [0, 0.05) is 55.1 Å². The Morgan fingerprint density at radius 2 is 1.14 bits per heavy atom. The first kappa shape index (κ1) is 50.3. The fraction of sp³-hybridized carbons (Fsp3) is 0.529. The van der Waals surface area contributed by atoms with E-state index in [-0.39, 0.29) is 83.9 Å². The SMILES string of the molecule is COC(=O)N[C@H](C(=O)N1CCC[C@H]1c1nc2cc(F)c(C3CCC(c4cc5[nH]c([C@@H]6CCCN6C(=O)[C@@H](NC(=O)O)C(C)C)nc5cc4F)N3c3cc(F)c(N4C[C@@H](C)O[C@@H](C)C4)c(F)c3)cc2[nH]1)C(C)C. The molecule has 386 valence electrons. The first-order valence-corrected chi connectivity index (χ1v) is 24.8. The number of amides is 4. The molecule has 2 unspecified atom stereocenters. The zero-order chi connectivity index (χ0) is 51.4. The minimum Gasteiger partial charge on any atom is -0.465 e.